The van der Waals surface area contributed by atoms with Crippen LogP contribution in [0, 0.1) is 11.8 Å². The van der Waals surface area contributed by atoms with E-state index in [-0.39, 0.29) is 11.5 Å². The molecule has 3 nitrogen and oxygen atoms in total. The second-order valence-electron chi connectivity index (χ2n) is 9.55. The van der Waals surface area contributed by atoms with Gasteiger partial charge in [-0.1, -0.05) is 58.9 Å². The molecule has 0 amide bonds. The lowest BCUT2D eigenvalue weighted by atomic mass is 9.86. The van der Waals surface area contributed by atoms with E-state index in [9.17, 15) is 5.11 Å². The molecule has 1 aliphatic rings. The Kier molecular flexibility index (Phi) is 8.12. The van der Waals surface area contributed by atoms with Gasteiger partial charge in [0, 0.05) is 13.1 Å². The van der Waals surface area contributed by atoms with Gasteiger partial charge in [0.25, 0.3) is 0 Å². The fourth-order valence-corrected chi connectivity index (χ4v) is 3.72. The Morgan fingerprint density at radius 1 is 1.12 bits per heavy atom. The highest BCUT2D eigenvalue weighted by atomic mass is 16.3. The molecule has 1 saturated heterocycles. The minimum absolute atomic E-state index is 0.217. The summed E-state index contributed by atoms with van der Waals surface area (Å²) in [6.07, 6.45) is 3.36. The molecule has 2 N–H and O–H groups in total. The highest BCUT2D eigenvalue weighted by Crippen LogP contribution is 2.22. The van der Waals surface area contributed by atoms with Crippen LogP contribution in [0.4, 0.5) is 0 Å². The molecule has 1 fully saturated rings. The Bertz CT molecular complexity index is 512. The number of piperidine rings is 1. The zero-order valence-corrected chi connectivity index (χ0v) is 17.6. The molecule has 2 rings (SSSR count). The van der Waals surface area contributed by atoms with Gasteiger partial charge in [-0.2, -0.15) is 0 Å². The summed E-state index contributed by atoms with van der Waals surface area (Å²) in [5, 5.41) is 13.7. The van der Waals surface area contributed by atoms with E-state index in [0.717, 1.165) is 38.5 Å². The predicted molar refractivity (Wildman–Crippen MR) is 112 cm³/mol. The highest BCUT2D eigenvalue weighted by molar-refractivity contribution is 5.27. The minimum Gasteiger partial charge on any atom is -0.390 e. The van der Waals surface area contributed by atoms with E-state index in [0.29, 0.717) is 12.5 Å². The van der Waals surface area contributed by atoms with Gasteiger partial charge in [0.15, 0.2) is 0 Å². The second-order valence-corrected chi connectivity index (χ2v) is 9.55. The lowest BCUT2D eigenvalue weighted by molar-refractivity contribution is 0.0903. The predicted octanol–water partition coefficient (Wildman–Crippen LogP) is 3.85. The molecule has 0 aromatic heterocycles. The third-order valence-electron chi connectivity index (χ3n) is 5.62. The molecule has 0 aliphatic carbocycles. The molecule has 26 heavy (non-hydrogen) atoms. The summed E-state index contributed by atoms with van der Waals surface area (Å²) in [4.78, 5) is 2.41. The monoisotopic (exact) mass is 360 g/mol. The maximum atomic E-state index is 10.3. The highest BCUT2D eigenvalue weighted by Gasteiger charge is 2.18. The van der Waals surface area contributed by atoms with Crippen molar-refractivity contribution in [3.05, 3.63) is 35.4 Å². The lowest BCUT2D eigenvalue weighted by Crippen LogP contribution is -2.42. The molecule has 2 unspecified atom stereocenters. The van der Waals surface area contributed by atoms with Crippen molar-refractivity contribution in [1.29, 1.82) is 0 Å². The van der Waals surface area contributed by atoms with Gasteiger partial charge >= 0.3 is 0 Å². The second kappa shape index (κ2) is 9.87. The molecule has 148 valence electrons. The van der Waals surface area contributed by atoms with Gasteiger partial charge in [0.05, 0.1) is 6.10 Å². The van der Waals surface area contributed by atoms with Gasteiger partial charge in [-0.15, -0.1) is 0 Å². The van der Waals surface area contributed by atoms with Crippen molar-refractivity contribution in [3.63, 3.8) is 0 Å². The van der Waals surface area contributed by atoms with E-state index < -0.39 is 0 Å². The average Bonchev–Trinajstić information content (AvgIpc) is 2.56. The van der Waals surface area contributed by atoms with Crippen LogP contribution in [0.2, 0.25) is 0 Å². The third-order valence-corrected chi connectivity index (χ3v) is 5.62. The van der Waals surface area contributed by atoms with Crippen LogP contribution in [0.25, 0.3) is 0 Å². The minimum atomic E-state index is -0.262. The number of benzene rings is 1. The molecular weight excluding hydrogens is 320 g/mol. The average molecular weight is 361 g/mol. The maximum Gasteiger partial charge on any atom is 0.0791 e. The molecule has 1 aliphatic heterocycles. The van der Waals surface area contributed by atoms with Gasteiger partial charge in [0.1, 0.15) is 0 Å². The summed E-state index contributed by atoms with van der Waals surface area (Å²) >= 11 is 0. The first-order valence-electron chi connectivity index (χ1n) is 10.4. The molecular formula is C23H40N2O. The molecule has 1 aromatic rings. The van der Waals surface area contributed by atoms with E-state index in [4.69, 9.17) is 0 Å². The van der Waals surface area contributed by atoms with Crippen LogP contribution >= 0.6 is 0 Å². The van der Waals surface area contributed by atoms with Crippen LogP contribution in [-0.4, -0.2) is 48.8 Å². The summed E-state index contributed by atoms with van der Waals surface area (Å²) in [6.45, 7) is 16.1. The van der Waals surface area contributed by atoms with Gasteiger partial charge in [-0.3, -0.25) is 0 Å². The topological polar surface area (TPSA) is 35.5 Å². The number of hydrogen-bond donors (Lipinski definition) is 2. The van der Waals surface area contributed by atoms with Crippen LogP contribution in [0.15, 0.2) is 24.3 Å². The lowest BCUT2D eigenvalue weighted by Gasteiger charge is -2.31. The fraction of sp³-hybridized carbons (Fsp3) is 0.739. The standard InChI is InChI=1S/C23H40N2O/c1-18-10-12-25(13-11-18)17-22(26)16-24-15-19(2)14-20-6-8-21(9-7-20)23(3,4)5/h6-9,18-19,22,24,26H,10-17H2,1-5H3. The van der Waals surface area contributed by atoms with Crippen LogP contribution < -0.4 is 5.32 Å². The molecule has 0 saturated carbocycles. The first kappa shape index (κ1) is 21.4. The first-order valence-corrected chi connectivity index (χ1v) is 10.4. The number of likely N-dealkylation sites (tertiary alicyclic amines) is 1. The number of hydrogen-bond acceptors (Lipinski definition) is 3. The summed E-state index contributed by atoms with van der Waals surface area (Å²) < 4.78 is 0. The van der Waals surface area contributed by atoms with Crippen molar-refractivity contribution < 1.29 is 5.11 Å². The summed E-state index contributed by atoms with van der Waals surface area (Å²) in [6, 6.07) is 9.06. The first-order chi connectivity index (χ1) is 12.2. The maximum absolute atomic E-state index is 10.3. The molecule has 0 radical (unpaired) electrons. The Balaban J connectivity index is 1.64. The largest absolute Gasteiger partial charge is 0.390 e. The molecule has 0 bridgehead atoms. The smallest absolute Gasteiger partial charge is 0.0791 e. The van der Waals surface area contributed by atoms with E-state index in [1.165, 1.54) is 24.0 Å². The van der Waals surface area contributed by atoms with Gasteiger partial charge < -0.3 is 15.3 Å². The quantitative estimate of drug-likeness (QED) is 0.739. The number of nitrogens with zero attached hydrogens (tertiary/aromatic N) is 1. The van der Waals surface area contributed by atoms with E-state index >= 15 is 0 Å². The van der Waals surface area contributed by atoms with Crippen molar-refractivity contribution in [2.24, 2.45) is 11.8 Å². The number of nitrogens with one attached hydrogen (secondary N) is 1. The van der Waals surface area contributed by atoms with E-state index in [1.807, 2.05) is 0 Å². The number of aliphatic hydroxyl groups excluding tert-OH is 1. The van der Waals surface area contributed by atoms with Crippen LogP contribution in [0.3, 0.4) is 0 Å². The number of rotatable bonds is 8. The Labute approximate surface area is 161 Å². The Morgan fingerprint density at radius 2 is 1.73 bits per heavy atom. The van der Waals surface area contributed by atoms with Gasteiger partial charge in [-0.05, 0) is 67.3 Å². The van der Waals surface area contributed by atoms with E-state index in [1.54, 1.807) is 0 Å². The normalized spacial score (nSPS) is 19.5. The molecule has 1 heterocycles. The summed E-state index contributed by atoms with van der Waals surface area (Å²) in [7, 11) is 0. The van der Waals surface area contributed by atoms with Gasteiger partial charge in [-0.25, -0.2) is 0 Å². The van der Waals surface area contributed by atoms with Crippen molar-refractivity contribution in [1.82, 2.24) is 10.2 Å². The summed E-state index contributed by atoms with van der Waals surface area (Å²) in [5.74, 6) is 1.42. The van der Waals surface area contributed by atoms with Crippen LogP contribution in [0.5, 0.6) is 0 Å². The molecule has 1 aromatic carbocycles. The van der Waals surface area contributed by atoms with Crippen molar-refractivity contribution in [2.75, 3.05) is 32.7 Å². The van der Waals surface area contributed by atoms with Crippen LogP contribution in [0.1, 0.15) is 58.6 Å². The number of aliphatic hydroxyl groups is 1. The van der Waals surface area contributed by atoms with Crippen molar-refractivity contribution in [2.45, 2.75) is 65.4 Å². The molecule has 2 atom stereocenters. The summed E-state index contributed by atoms with van der Waals surface area (Å²) in [5.41, 5.74) is 3.01. The Hall–Kier alpha value is -0.900. The van der Waals surface area contributed by atoms with Crippen molar-refractivity contribution in [3.8, 4) is 0 Å². The fourth-order valence-electron chi connectivity index (χ4n) is 3.72. The zero-order chi connectivity index (χ0) is 19.2. The number of β-amino-alcohol motifs (C(OH)–C–C–N with tert-alkyl or cyclic N) is 1. The van der Waals surface area contributed by atoms with E-state index in [2.05, 4.69) is 69.1 Å². The van der Waals surface area contributed by atoms with Gasteiger partial charge in [0.2, 0.25) is 0 Å². The molecule has 0 spiro atoms. The zero-order valence-electron chi connectivity index (χ0n) is 17.6. The SMILES string of the molecule is CC1CCN(CC(O)CNCC(C)Cc2ccc(C(C)(C)C)cc2)CC1. The Morgan fingerprint density at radius 3 is 2.31 bits per heavy atom. The van der Waals surface area contributed by atoms with Crippen molar-refractivity contribution >= 4 is 0 Å². The molecule has 3 heteroatoms. The van der Waals surface area contributed by atoms with Crippen LogP contribution in [-0.2, 0) is 11.8 Å². The third kappa shape index (κ3) is 7.38.